The predicted octanol–water partition coefficient (Wildman–Crippen LogP) is 0.387. The summed E-state index contributed by atoms with van der Waals surface area (Å²) in [6.45, 7) is 1.91. The lowest BCUT2D eigenvalue weighted by atomic mass is 10.2. The Morgan fingerprint density at radius 1 is 1.55 bits per heavy atom. The molecule has 60 valence electrons. The van der Waals surface area contributed by atoms with Gasteiger partial charge < -0.3 is 11.2 Å². The first-order valence-electron chi connectivity index (χ1n) is 3.42. The predicted molar refractivity (Wildman–Crippen MR) is 44.6 cm³/mol. The van der Waals surface area contributed by atoms with Crippen LogP contribution in [0, 0.1) is 0 Å². The third-order valence-electron chi connectivity index (χ3n) is 1.46. The van der Waals surface area contributed by atoms with Gasteiger partial charge in [-0.15, -0.1) is 0 Å². The first kappa shape index (κ1) is 7.97. The van der Waals surface area contributed by atoms with E-state index in [0.717, 1.165) is 5.56 Å². The molecule has 4 heteroatoms. The first-order valence-corrected chi connectivity index (χ1v) is 3.42. The van der Waals surface area contributed by atoms with Gasteiger partial charge in [0.2, 0.25) is 0 Å². The van der Waals surface area contributed by atoms with Gasteiger partial charge in [0.1, 0.15) is 5.82 Å². The fraction of sp³-hybridized carbons (Fsp3) is 0.286. The van der Waals surface area contributed by atoms with Gasteiger partial charge in [-0.1, -0.05) is 6.07 Å². The largest absolute Gasteiger partial charge is 0.324 e. The normalized spacial score (nSPS) is 12.6. The smallest absolute Gasteiger partial charge is 0.139 e. The number of nitrogens with one attached hydrogen (secondary N) is 1. The van der Waals surface area contributed by atoms with E-state index in [4.69, 9.17) is 11.6 Å². The highest BCUT2D eigenvalue weighted by molar-refractivity contribution is 5.34. The van der Waals surface area contributed by atoms with Crippen molar-refractivity contribution in [3.05, 3.63) is 23.9 Å². The molecule has 1 rings (SSSR count). The van der Waals surface area contributed by atoms with E-state index in [0.29, 0.717) is 5.82 Å². The molecule has 0 unspecified atom stereocenters. The summed E-state index contributed by atoms with van der Waals surface area (Å²) in [4.78, 5) is 4.00. The molecular formula is C7H12N4. The molecule has 0 saturated carbocycles. The Kier molecular flexibility index (Phi) is 2.40. The summed E-state index contributed by atoms with van der Waals surface area (Å²) in [7, 11) is 0. The van der Waals surface area contributed by atoms with E-state index in [9.17, 15) is 0 Å². The van der Waals surface area contributed by atoms with E-state index in [1.165, 1.54) is 0 Å². The number of rotatable bonds is 2. The van der Waals surface area contributed by atoms with Crippen molar-refractivity contribution in [2.45, 2.75) is 13.0 Å². The molecule has 0 aliphatic carbocycles. The Labute approximate surface area is 65.6 Å². The van der Waals surface area contributed by atoms with Gasteiger partial charge in [0.05, 0.1) is 0 Å². The van der Waals surface area contributed by atoms with Crippen LogP contribution in [-0.4, -0.2) is 4.98 Å². The fourth-order valence-corrected chi connectivity index (χ4v) is 0.760. The van der Waals surface area contributed by atoms with E-state index in [1.54, 1.807) is 12.3 Å². The number of nitrogens with zero attached hydrogens (tertiary/aromatic N) is 1. The van der Waals surface area contributed by atoms with Crippen molar-refractivity contribution in [2.75, 3.05) is 5.43 Å². The molecule has 1 aromatic rings. The maximum atomic E-state index is 5.61. The van der Waals surface area contributed by atoms with Crippen molar-refractivity contribution in [1.29, 1.82) is 0 Å². The van der Waals surface area contributed by atoms with Gasteiger partial charge in [-0.25, -0.2) is 10.8 Å². The Morgan fingerprint density at radius 3 is 2.64 bits per heavy atom. The van der Waals surface area contributed by atoms with Gasteiger partial charge in [0.25, 0.3) is 0 Å². The number of hydrazine groups is 1. The summed E-state index contributed by atoms with van der Waals surface area (Å²) in [5.74, 6) is 5.78. The number of hydrogen-bond acceptors (Lipinski definition) is 4. The average molecular weight is 152 g/mol. The number of pyridine rings is 1. The summed E-state index contributed by atoms with van der Waals surface area (Å²) in [5.41, 5.74) is 9.06. The average Bonchev–Trinajstić information content (AvgIpc) is 2.05. The van der Waals surface area contributed by atoms with Crippen LogP contribution >= 0.6 is 0 Å². The van der Waals surface area contributed by atoms with Gasteiger partial charge in [0.15, 0.2) is 0 Å². The van der Waals surface area contributed by atoms with Crippen LogP contribution in [0.5, 0.6) is 0 Å². The highest BCUT2D eigenvalue weighted by Gasteiger charge is 1.98. The minimum absolute atomic E-state index is 0.0225. The molecule has 1 atom stereocenters. The van der Waals surface area contributed by atoms with Crippen molar-refractivity contribution in [3.63, 3.8) is 0 Å². The number of anilines is 1. The summed E-state index contributed by atoms with van der Waals surface area (Å²) in [6.07, 6.45) is 1.71. The number of aromatic nitrogens is 1. The van der Waals surface area contributed by atoms with E-state index in [2.05, 4.69) is 10.4 Å². The van der Waals surface area contributed by atoms with Crippen LogP contribution in [0.25, 0.3) is 0 Å². The Balaban J connectivity index is 2.83. The van der Waals surface area contributed by atoms with Crippen molar-refractivity contribution >= 4 is 5.82 Å². The lowest BCUT2D eigenvalue weighted by molar-refractivity contribution is 0.812. The molecule has 1 heterocycles. The second kappa shape index (κ2) is 3.32. The minimum atomic E-state index is 0.0225. The summed E-state index contributed by atoms with van der Waals surface area (Å²) in [6, 6.07) is 3.71. The van der Waals surface area contributed by atoms with Gasteiger partial charge >= 0.3 is 0 Å². The second-order valence-electron chi connectivity index (χ2n) is 2.41. The topological polar surface area (TPSA) is 77.0 Å². The van der Waals surface area contributed by atoms with Gasteiger partial charge in [-0.05, 0) is 18.6 Å². The van der Waals surface area contributed by atoms with Crippen molar-refractivity contribution in [1.82, 2.24) is 4.98 Å². The van der Waals surface area contributed by atoms with E-state index in [1.807, 2.05) is 13.0 Å². The Morgan fingerprint density at radius 2 is 2.27 bits per heavy atom. The lowest BCUT2D eigenvalue weighted by Crippen LogP contribution is -2.10. The summed E-state index contributed by atoms with van der Waals surface area (Å²) < 4.78 is 0. The lowest BCUT2D eigenvalue weighted by Gasteiger charge is -2.04. The minimum Gasteiger partial charge on any atom is -0.324 e. The molecule has 1 aromatic heterocycles. The SMILES string of the molecule is C[C@@H](N)c1ccc(NN)nc1. The van der Waals surface area contributed by atoms with Gasteiger partial charge in [-0.3, -0.25) is 0 Å². The van der Waals surface area contributed by atoms with Crippen LogP contribution < -0.4 is 17.0 Å². The third kappa shape index (κ3) is 1.89. The molecule has 0 fully saturated rings. The monoisotopic (exact) mass is 152 g/mol. The number of nitrogen functional groups attached to an aromatic ring is 1. The molecule has 0 spiro atoms. The molecule has 0 aliphatic rings. The van der Waals surface area contributed by atoms with Crippen LogP contribution in [0.15, 0.2) is 18.3 Å². The van der Waals surface area contributed by atoms with Crippen LogP contribution in [0.2, 0.25) is 0 Å². The van der Waals surface area contributed by atoms with Crippen LogP contribution in [0.3, 0.4) is 0 Å². The Bertz CT molecular complexity index is 216. The maximum Gasteiger partial charge on any atom is 0.139 e. The van der Waals surface area contributed by atoms with Crippen LogP contribution in [-0.2, 0) is 0 Å². The zero-order valence-electron chi connectivity index (χ0n) is 6.41. The molecule has 0 amide bonds. The second-order valence-corrected chi connectivity index (χ2v) is 2.41. The summed E-state index contributed by atoms with van der Waals surface area (Å²) >= 11 is 0. The molecule has 5 N–H and O–H groups in total. The molecule has 0 aliphatic heterocycles. The zero-order chi connectivity index (χ0) is 8.27. The standard InChI is InChI=1S/C7H12N4/c1-5(8)6-2-3-7(11-9)10-4-6/h2-5H,8-9H2,1H3,(H,10,11)/t5-/m1/s1. The van der Waals surface area contributed by atoms with Crippen LogP contribution in [0.4, 0.5) is 5.82 Å². The van der Waals surface area contributed by atoms with E-state index >= 15 is 0 Å². The van der Waals surface area contributed by atoms with Gasteiger partial charge in [-0.2, -0.15) is 0 Å². The molecule has 0 saturated heterocycles. The number of hydrogen-bond donors (Lipinski definition) is 3. The molecule has 4 nitrogen and oxygen atoms in total. The fourth-order valence-electron chi connectivity index (χ4n) is 0.760. The van der Waals surface area contributed by atoms with Gasteiger partial charge in [0, 0.05) is 12.2 Å². The Hall–Kier alpha value is -1.13. The molecular weight excluding hydrogens is 140 g/mol. The van der Waals surface area contributed by atoms with Crippen LogP contribution in [0.1, 0.15) is 18.5 Å². The molecule has 0 bridgehead atoms. The third-order valence-corrected chi connectivity index (χ3v) is 1.46. The first-order chi connectivity index (χ1) is 5.24. The maximum absolute atomic E-state index is 5.61. The quantitative estimate of drug-likeness (QED) is 0.423. The van der Waals surface area contributed by atoms with E-state index in [-0.39, 0.29) is 6.04 Å². The van der Waals surface area contributed by atoms with Crippen molar-refractivity contribution in [2.24, 2.45) is 11.6 Å². The highest BCUT2D eigenvalue weighted by atomic mass is 15.2. The molecule has 0 aromatic carbocycles. The molecule has 0 radical (unpaired) electrons. The van der Waals surface area contributed by atoms with Crippen molar-refractivity contribution in [3.8, 4) is 0 Å². The molecule has 11 heavy (non-hydrogen) atoms. The highest BCUT2D eigenvalue weighted by Crippen LogP contribution is 2.09. The van der Waals surface area contributed by atoms with E-state index < -0.39 is 0 Å². The van der Waals surface area contributed by atoms with Crippen molar-refractivity contribution < 1.29 is 0 Å². The number of nitrogens with two attached hydrogens (primary N) is 2. The zero-order valence-corrected chi connectivity index (χ0v) is 6.41. The summed E-state index contributed by atoms with van der Waals surface area (Å²) in [5, 5.41) is 0.